The predicted octanol–water partition coefficient (Wildman–Crippen LogP) is 3.21. The van der Waals surface area contributed by atoms with Crippen molar-refractivity contribution >= 4 is 27.5 Å². The summed E-state index contributed by atoms with van der Waals surface area (Å²) in [5.74, 6) is -0.216. The maximum atomic E-state index is 10.5. The third-order valence-corrected chi connectivity index (χ3v) is 3.87. The number of aliphatic carboxylic acids is 1. The molecule has 0 amide bonds. The summed E-state index contributed by atoms with van der Waals surface area (Å²) in [4.78, 5) is 19.3. The predicted molar refractivity (Wildman–Crippen MR) is 80.6 cm³/mol. The number of nitrogens with zero attached hydrogens (tertiary/aromatic N) is 2. The largest absolute Gasteiger partial charge is 0.493 e. The van der Waals surface area contributed by atoms with E-state index >= 15 is 0 Å². The number of carboxylic acid groups (broad SMARTS) is 1. The lowest BCUT2D eigenvalue weighted by Gasteiger charge is -2.03. The lowest BCUT2D eigenvalue weighted by atomic mass is 10.3. The van der Waals surface area contributed by atoms with Crippen LogP contribution in [0.3, 0.4) is 0 Å². The Labute approximate surface area is 124 Å². The highest BCUT2D eigenvalue weighted by Gasteiger charge is 2.08. The maximum absolute atomic E-state index is 10.5. The Morgan fingerprint density at radius 1 is 1.29 bits per heavy atom. The zero-order valence-electron chi connectivity index (χ0n) is 11.0. The van der Waals surface area contributed by atoms with E-state index in [1.165, 1.54) is 11.3 Å². The van der Waals surface area contributed by atoms with Gasteiger partial charge in [-0.2, -0.15) is 0 Å². The molecule has 5 nitrogen and oxygen atoms in total. The Bertz CT molecular complexity index is 771. The highest BCUT2D eigenvalue weighted by Crippen LogP contribution is 2.31. The summed E-state index contributed by atoms with van der Waals surface area (Å²) in [6, 6.07) is 11.3. The van der Waals surface area contributed by atoms with Crippen molar-refractivity contribution < 1.29 is 14.6 Å². The Morgan fingerprint density at radius 3 is 2.95 bits per heavy atom. The van der Waals surface area contributed by atoms with Crippen molar-refractivity contribution in [1.29, 1.82) is 0 Å². The third kappa shape index (κ3) is 3.17. The minimum Gasteiger partial charge on any atom is -0.493 e. The van der Waals surface area contributed by atoms with Crippen LogP contribution < -0.4 is 4.74 Å². The molecule has 0 aliphatic carbocycles. The van der Waals surface area contributed by atoms with Gasteiger partial charge in [0, 0.05) is 6.20 Å². The van der Waals surface area contributed by atoms with Gasteiger partial charge in [-0.1, -0.05) is 6.07 Å². The van der Waals surface area contributed by atoms with E-state index in [0.29, 0.717) is 5.75 Å². The summed E-state index contributed by atoms with van der Waals surface area (Å²) in [5, 5.41) is 9.45. The standard InChI is InChI=1S/C15H12N2O3S/c18-14(19)6-8-20-10-4-5-11-13(9-10)21-15(17-11)12-3-1-2-7-16-12/h1-5,7,9H,6,8H2,(H,18,19). The number of hydrogen-bond acceptors (Lipinski definition) is 5. The molecule has 0 aliphatic heterocycles. The molecule has 1 N–H and O–H groups in total. The zero-order chi connectivity index (χ0) is 14.7. The number of benzene rings is 1. The van der Waals surface area contributed by atoms with E-state index in [-0.39, 0.29) is 13.0 Å². The second kappa shape index (κ2) is 5.88. The van der Waals surface area contributed by atoms with Gasteiger partial charge in [-0.15, -0.1) is 11.3 Å². The van der Waals surface area contributed by atoms with Crippen LogP contribution in [0.15, 0.2) is 42.6 Å². The number of fused-ring (bicyclic) bond motifs is 1. The zero-order valence-corrected chi connectivity index (χ0v) is 11.8. The Kier molecular flexibility index (Phi) is 3.79. The molecule has 0 saturated heterocycles. The fourth-order valence-corrected chi connectivity index (χ4v) is 2.82. The van der Waals surface area contributed by atoms with Gasteiger partial charge in [0.25, 0.3) is 0 Å². The molecular formula is C15H12N2O3S. The number of aromatic nitrogens is 2. The number of rotatable bonds is 5. The second-order valence-electron chi connectivity index (χ2n) is 4.36. The van der Waals surface area contributed by atoms with Crippen LogP contribution in [0.5, 0.6) is 5.75 Å². The average molecular weight is 300 g/mol. The molecule has 3 rings (SSSR count). The van der Waals surface area contributed by atoms with E-state index in [0.717, 1.165) is 20.9 Å². The topological polar surface area (TPSA) is 72.3 Å². The van der Waals surface area contributed by atoms with Crippen LogP contribution in [0.1, 0.15) is 6.42 Å². The highest BCUT2D eigenvalue weighted by atomic mass is 32.1. The van der Waals surface area contributed by atoms with Gasteiger partial charge in [-0.25, -0.2) is 4.98 Å². The molecule has 21 heavy (non-hydrogen) atoms. The Hall–Kier alpha value is -2.47. The SMILES string of the molecule is O=C(O)CCOc1ccc2nc(-c3ccccn3)sc2c1. The molecule has 106 valence electrons. The summed E-state index contributed by atoms with van der Waals surface area (Å²) < 4.78 is 6.41. The van der Waals surface area contributed by atoms with Gasteiger partial charge < -0.3 is 9.84 Å². The van der Waals surface area contributed by atoms with Gasteiger partial charge in [-0.3, -0.25) is 9.78 Å². The lowest BCUT2D eigenvalue weighted by Crippen LogP contribution is -2.04. The summed E-state index contributed by atoms with van der Waals surface area (Å²) in [5.41, 5.74) is 1.72. The third-order valence-electron chi connectivity index (χ3n) is 2.83. The number of carbonyl (C=O) groups is 1. The summed E-state index contributed by atoms with van der Waals surface area (Å²) in [6.07, 6.45) is 1.72. The first-order valence-corrected chi connectivity index (χ1v) is 7.20. The molecule has 2 aromatic heterocycles. The van der Waals surface area contributed by atoms with E-state index in [4.69, 9.17) is 9.84 Å². The van der Waals surface area contributed by atoms with E-state index < -0.39 is 5.97 Å². The van der Waals surface area contributed by atoms with Gasteiger partial charge in [0.15, 0.2) is 0 Å². The van der Waals surface area contributed by atoms with Crippen molar-refractivity contribution in [3.05, 3.63) is 42.6 Å². The monoisotopic (exact) mass is 300 g/mol. The molecule has 0 fully saturated rings. The number of pyridine rings is 1. The summed E-state index contributed by atoms with van der Waals surface area (Å²) in [6.45, 7) is 0.159. The number of carboxylic acids is 1. The molecule has 1 aromatic carbocycles. The van der Waals surface area contributed by atoms with Crippen molar-refractivity contribution in [3.63, 3.8) is 0 Å². The number of hydrogen-bond donors (Lipinski definition) is 1. The van der Waals surface area contributed by atoms with Crippen LogP contribution in [-0.4, -0.2) is 27.7 Å². The summed E-state index contributed by atoms with van der Waals surface area (Å²) in [7, 11) is 0. The van der Waals surface area contributed by atoms with E-state index in [9.17, 15) is 4.79 Å². The van der Waals surface area contributed by atoms with Crippen LogP contribution >= 0.6 is 11.3 Å². The normalized spacial score (nSPS) is 10.7. The number of ether oxygens (including phenoxy) is 1. The molecule has 0 atom stereocenters. The second-order valence-corrected chi connectivity index (χ2v) is 5.39. The van der Waals surface area contributed by atoms with Crippen molar-refractivity contribution in [2.75, 3.05) is 6.61 Å². The van der Waals surface area contributed by atoms with Crippen LogP contribution in [0.2, 0.25) is 0 Å². The molecule has 3 aromatic rings. The molecule has 0 unspecified atom stereocenters. The van der Waals surface area contributed by atoms with Gasteiger partial charge in [0.2, 0.25) is 0 Å². The quantitative estimate of drug-likeness (QED) is 0.783. The van der Waals surface area contributed by atoms with E-state index in [1.54, 1.807) is 12.3 Å². The molecule has 0 bridgehead atoms. The Balaban J connectivity index is 1.83. The first-order valence-electron chi connectivity index (χ1n) is 6.39. The van der Waals surface area contributed by atoms with Crippen LogP contribution in [0, 0.1) is 0 Å². The van der Waals surface area contributed by atoms with Crippen LogP contribution in [-0.2, 0) is 4.79 Å². The minimum absolute atomic E-state index is 0.0140. The van der Waals surface area contributed by atoms with Crippen molar-refractivity contribution in [3.8, 4) is 16.5 Å². The average Bonchev–Trinajstić information content (AvgIpc) is 2.91. The molecular weight excluding hydrogens is 288 g/mol. The van der Waals surface area contributed by atoms with Gasteiger partial charge in [-0.05, 0) is 30.3 Å². The fraction of sp³-hybridized carbons (Fsp3) is 0.133. The van der Waals surface area contributed by atoms with Gasteiger partial charge >= 0.3 is 5.97 Å². The van der Waals surface area contributed by atoms with Crippen LogP contribution in [0.4, 0.5) is 0 Å². The lowest BCUT2D eigenvalue weighted by molar-refractivity contribution is -0.137. The minimum atomic E-state index is -0.869. The van der Waals surface area contributed by atoms with Gasteiger partial charge in [0.05, 0.1) is 28.9 Å². The summed E-state index contributed by atoms with van der Waals surface area (Å²) >= 11 is 1.53. The molecule has 2 heterocycles. The number of thiazole rings is 1. The van der Waals surface area contributed by atoms with Crippen molar-refractivity contribution in [1.82, 2.24) is 9.97 Å². The molecule has 0 spiro atoms. The molecule has 0 radical (unpaired) electrons. The molecule has 0 aliphatic rings. The first-order chi connectivity index (χ1) is 10.2. The van der Waals surface area contributed by atoms with E-state index in [2.05, 4.69) is 9.97 Å². The van der Waals surface area contributed by atoms with Crippen molar-refractivity contribution in [2.24, 2.45) is 0 Å². The van der Waals surface area contributed by atoms with Crippen LogP contribution in [0.25, 0.3) is 20.9 Å². The van der Waals surface area contributed by atoms with Gasteiger partial charge in [0.1, 0.15) is 10.8 Å². The van der Waals surface area contributed by atoms with E-state index in [1.807, 2.05) is 30.3 Å². The van der Waals surface area contributed by atoms with Crippen molar-refractivity contribution in [2.45, 2.75) is 6.42 Å². The molecule has 6 heteroatoms. The fourth-order valence-electron chi connectivity index (χ4n) is 1.85. The first kappa shape index (κ1) is 13.5. The highest BCUT2D eigenvalue weighted by molar-refractivity contribution is 7.21. The Morgan fingerprint density at radius 2 is 2.19 bits per heavy atom. The maximum Gasteiger partial charge on any atom is 0.306 e. The molecule has 0 saturated carbocycles. The smallest absolute Gasteiger partial charge is 0.306 e.